The van der Waals surface area contributed by atoms with E-state index in [0.29, 0.717) is 34.3 Å². The summed E-state index contributed by atoms with van der Waals surface area (Å²) in [6.45, 7) is 0.948. The van der Waals surface area contributed by atoms with Gasteiger partial charge in [-0.15, -0.1) is 0 Å². The molecule has 2 amide bonds. The third-order valence-corrected chi connectivity index (χ3v) is 7.10. The Bertz CT molecular complexity index is 1240. The molecule has 4 nitrogen and oxygen atoms in total. The Hall–Kier alpha value is -3.22. The van der Waals surface area contributed by atoms with Gasteiger partial charge >= 0.3 is 0 Å². The summed E-state index contributed by atoms with van der Waals surface area (Å²) in [6, 6.07) is 27.5. The highest BCUT2D eigenvalue weighted by Gasteiger charge is 2.41. The van der Waals surface area contributed by atoms with Gasteiger partial charge in [0.25, 0.3) is 11.8 Å². The number of hydrogen-bond donors (Lipinski definition) is 0. The topological polar surface area (TPSA) is 40.6 Å². The van der Waals surface area contributed by atoms with Crippen LogP contribution in [0.25, 0.3) is 5.57 Å². The molecule has 1 saturated heterocycles. The van der Waals surface area contributed by atoms with E-state index in [0.717, 1.165) is 22.4 Å². The lowest BCUT2D eigenvalue weighted by Gasteiger charge is -2.17. The number of hydrogen-bond acceptors (Lipinski definition) is 4. The fourth-order valence-corrected chi connectivity index (χ4v) is 5.43. The molecular weight excluding hydrogens is 436 g/mol. The van der Waals surface area contributed by atoms with E-state index in [2.05, 4.69) is 0 Å². The first-order valence-corrected chi connectivity index (χ1v) is 11.6. The molecule has 0 saturated carbocycles. The van der Waals surface area contributed by atoms with Crippen molar-refractivity contribution in [2.24, 2.45) is 0 Å². The fraction of sp³-hybridized carbons (Fsp3) is 0.115. The normalized spacial score (nSPS) is 17.9. The SMILES string of the molecule is O=C1C(=C2C(=O)N(Cc3ccccc3)c3ccccc32)SC(=S)N1CCc1ccccc1. The smallest absolute Gasteiger partial charge is 0.267 e. The first-order chi connectivity index (χ1) is 15.6. The van der Waals surface area contributed by atoms with E-state index >= 15 is 0 Å². The van der Waals surface area contributed by atoms with Gasteiger partial charge in [0.15, 0.2) is 0 Å². The number of nitrogens with zero attached hydrogens (tertiary/aromatic N) is 2. The minimum absolute atomic E-state index is 0.154. The average molecular weight is 457 g/mol. The molecule has 3 aromatic rings. The second kappa shape index (κ2) is 8.73. The van der Waals surface area contributed by atoms with Crippen LogP contribution in [0.2, 0.25) is 0 Å². The van der Waals surface area contributed by atoms with Gasteiger partial charge in [-0.1, -0.05) is 103 Å². The molecule has 2 heterocycles. The van der Waals surface area contributed by atoms with Crippen molar-refractivity contribution < 1.29 is 9.59 Å². The van der Waals surface area contributed by atoms with Gasteiger partial charge in [-0.05, 0) is 23.6 Å². The summed E-state index contributed by atoms with van der Waals surface area (Å²) in [5.41, 5.74) is 4.25. The quantitative estimate of drug-likeness (QED) is 0.398. The second-order valence-corrected chi connectivity index (χ2v) is 9.30. The highest BCUT2D eigenvalue weighted by molar-refractivity contribution is 8.26. The Balaban J connectivity index is 1.46. The molecule has 0 atom stereocenters. The van der Waals surface area contributed by atoms with Gasteiger partial charge in [-0.3, -0.25) is 14.5 Å². The van der Waals surface area contributed by atoms with E-state index in [-0.39, 0.29) is 11.8 Å². The number of rotatable bonds is 5. The molecule has 32 heavy (non-hydrogen) atoms. The molecule has 0 radical (unpaired) electrons. The summed E-state index contributed by atoms with van der Waals surface area (Å²) in [6.07, 6.45) is 0.709. The van der Waals surface area contributed by atoms with Crippen molar-refractivity contribution in [2.45, 2.75) is 13.0 Å². The van der Waals surface area contributed by atoms with E-state index in [9.17, 15) is 9.59 Å². The minimum Gasteiger partial charge on any atom is -0.303 e. The van der Waals surface area contributed by atoms with Crippen LogP contribution in [0.15, 0.2) is 89.8 Å². The van der Waals surface area contributed by atoms with Crippen molar-refractivity contribution in [2.75, 3.05) is 11.4 Å². The summed E-state index contributed by atoms with van der Waals surface area (Å²) in [5.74, 6) is -0.339. The first-order valence-electron chi connectivity index (χ1n) is 10.4. The van der Waals surface area contributed by atoms with E-state index in [4.69, 9.17) is 12.2 Å². The fourth-order valence-electron chi connectivity index (χ4n) is 4.05. The molecule has 158 valence electrons. The van der Waals surface area contributed by atoms with Gasteiger partial charge in [-0.25, -0.2) is 0 Å². The Morgan fingerprint density at radius 1 is 0.719 bits per heavy atom. The molecule has 5 rings (SSSR count). The molecule has 6 heteroatoms. The summed E-state index contributed by atoms with van der Waals surface area (Å²) in [5, 5.41) is 0. The highest BCUT2D eigenvalue weighted by Crippen LogP contribution is 2.45. The number of benzene rings is 3. The summed E-state index contributed by atoms with van der Waals surface area (Å²) in [4.78, 5) is 30.7. The third kappa shape index (κ3) is 3.76. The van der Waals surface area contributed by atoms with Crippen molar-refractivity contribution in [3.05, 3.63) is 107 Å². The molecule has 2 aliphatic rings. The largest absolute Gasteiger partial charge is 0.303 e. The number of thiocarbonyl (C=S) groups is 1. The lowest BCUT2D eigenvalue weighted by Crippen LogP contribution is -2.31. The Morgan fingerprint density at radius 3 is 2.06 bits per heavy atom. The van der Waals surface area contributed by atoms with Crippen LogP contribution in [0.4, 0.5) is 5.69 Å². The van der Waals surface area contributed by atoms with Gasteiger partial charge in [0.1, 0.15) is 4.32 Å². The van der Waals surface area contributed by atoms with Crippen LogP contribution < -0.4 is 4.90 Å². The van der Waals surface area contributed by atoms with Gasteiger partial charge in [-0.2, -0.15) is 0 Å². The maximum atomic E-state index is 13.5. The molecular formula is C26H20N2O2S2. The molecule has 0 unspecified atom stereocenters. The van der Waals surface area contributed by atoms with Crippen molar-refractivity contribution >= 4 is 51.4 Å². The molecule has 0 aliphatic carbocycles. The van der Waals surface area contributed by atoms with Gasteiger partial charge in [0.05, 0.1) is 22.7 Å². The van der Waals surface area contributed by atoms with Crippen LogP contribution in [-0.2, 0) is 22.6 Å². The van der Waals surface area contributed by atoms with E-state index < -0.39 is 0 Å². The number of anilines is 1. The molecule has 2 aliphatic heterocycles. The zero-order valence-electron chi connectivity index (χ0n) is 17.2. The number of carbonyl (C=O) groups is 2. The Morgan fingerprint density at radius 2 is 1.34 bits per heavy atom. The van der Waals surface area contributed by atoms with Gasteiger partial charge in [0.2, 0.25) is 0 Å². The standard InChI is InChI=1S/C26H20N2O2S2/c29-24-22(20-13-7-8-14-21(20)28(24)17-19-11-5-2-6-12-19)23-25(30)27(26(31)32-23)16-15-18-9-3-1-4-10-18/h1-14H,15-17H2. The zero-order chi connectivity index (χ0) is 22.1. The van der Waals surface area contributed by atoms with Gasteiger partial charge in [0, 0.05) is 12.1 Å². The van der Waals surface area contributed by atoms with Crippen LogP contribution in [0.3, 0.4) is 0 Å². The molecule has 3 aromatic carbocycles. The van der Waals surface area contributed by atoms with Crippen molar-refractivity contribution in [3.63, 3.8) is 0 Å². The van der Waals surface area contributed by atoms with Crippen LogP contribution in [0.5, 0.6) is 0 Å². The molecule has 0 bridgehead atoms. The maximum absolute atomic E-state index is 13.5. The lowest BCUT2D eigenvalue weighted by molar-refractivity contribution is -0.122. The number of fused-ring (bicyclic) bond motifs is 1. The van der Waals surface area contributed by atoms with Gasteiger partial charge < -0.3 is 4.90 Å². The number of thioether (sulfide) groups is 1. The Kier molecular flexibility index (Phi) is 5.64. The van der Waals surface area contributed by atoms with Crippen molar-refractivity contribution in [1.82, 2.24) is 4.90 Å². The Labute approximate surface area is 196 Å². The van der Waals surface area contributed by atoms with Crippen LogP contribution in [0, 0.1) is 0 Å². The summed E-state index contributed by atoms with van der Waals surface area (Å²) >= 11 is 6.76. The molecule has 0 aromatic heterocycles. The van der Waals surface area contributed by atoms with E-state index in [1.54, 1.807) is 9.80 Å². The van der Waals surface area contributed by atoms with Crippen molar-refractivity contribution in [1.29, 1.82) is 0 Å². The number of amides is 2. The number of para-hydroxylation sites is 1. The second-order valence-electron chi connectivity index (χ2n) is 7.66. The zero-order valence-corrected chi connectivity index (χ0v) is 18.9. The third-order valence-electron chi connectivity index (χ3n) is 5.65. The molecule has 1 fully saturated rings. The van der Waals surface area contributed by atoms with Crippen LogP contribution in [-0.4, -0.2) is 27.6 Å². The van der Waals surface area contributed by atoms with Crippen molar-refractivity contribution in [3.8, 4) is 0 Å². The van der Waals surface area contributed by atoms with E-state index in [1.807, 2.05) is 84.9 Å². The monoisotopic (exact) mass is 456 g/mol. The predicted octanol–water partition coefficient (Wildman–Crippen LogP) is 5.05. The van der Waals surface area contributed by atoms with Crippen LogP contribution >= 0.6 is 24.0 Å². The average Bonchev–Trinajstić information content (AvgIpc) is 3.26. The lowest BCUT2D eigenvalue weighted by atomic mass is 10.1. The molecule has 0 N–H and O–H groups in total. The van der Waals surface area contributed by atoms with E-state index in [1.165, 1.54) is 11.8 Å². The summed E-state index contributed by atoms with van der Waals surface area (Å²) < 4.78 is 0.500. The summed E-state index contributed by atoms with van der Waals surface area (Å²) in [7, 11) is 0. The van der Waals surface area contributed by atoms with Crippen LogP contribution in [0.1, 0.15) is 16.7 Å². The first kappa shape index (κ1) is 20.7. The molecule has 0 spiro atoms. The minimum atomic E-state index is -0.185. The number of carbonyl (C=O) groups excluding carboxylic acids is 2. The highest BCUT2D eigenvalue weighted by atomic mass is 32.2. The maximum Gasteiger partial charge on any atom is 0.267 e. The predicted molar refractivity (Wildman–Crippen MR) is 133 cm³/mol.